The summed E-state index contributed by atoms with van der Waals surface area (Å²) in [5.41, 5.74) is 0. The van der Waals surface area contributed by atoms with Crippen LogP contribution >= 0.6 is 0 Å². The van der Waals surface area contributed by atoms with Crippen molar-refractivity contribution >= 4 is 11.9 Å². The van der Waals surface area contributed by atoms with Gasteiger partial charge in [-0.3, -0.25) is 9.69 Å². The maximum atomic E-state index is 12.2. The van der Waals surface area contributed by atoms with Crippen molar-refractivity contribution in [3.8, 4) is 0 Å². The largest absolute Gasteiger partial charge is 0.459 e. The summed E-state index contributed by atoms with van der Waals surface area (Å²) in [4.78, 5) is 26.5. The molecule has 2 aliphatic carbocycles. The highest BCUT2D eigenvalue weighted by molar-refractivity contribution is 5.77. The minimum Gasteiger partial charge on any atom is -0.459 e. The van der Waals surface area contributed by atoms with E-state index in [2.05, 4.69) is 24.1 Å². The zero-order valence-electron chi connectivity index (χ0n) is 19.6. The normalized spacial score (nSPS) is 34.4. The molecule has 0 bridgehead atoms. The van der Waals surface area contributed by atoms with Crippen LogP contribution in [0, 0.1) is 11.8 Å². The number of esters is 1. The maximum absolute atomic E-state index is 12.2. The van der Waals surface area contributed by atoms with E-state index in [1.165, 1.54) is 25.7 Å². The third-order valence-corrected chi connectivity index (χ3v) is 7.30. The first-order chi connectivity index (χ1) is 14.9. The standard InChI is InChI=1S/C24H42N2O5/c1-17-4-8-20(9-5-17)29-15-23(27)25-13-19-12-22(14-26(19)3)31-24(28)16-30-21-10-6-18(2)7-11-21/h17-22H,4-16H2,1-3H3,(H,25,27)/t17?,18?,19-,20?,21?,22+/m0/s1. The first-order valence-electron chi connectivity index (χ1n) is 12.3. The number of amides is 1. The second-order valence-electron chi connectivity index (χ2n) is 10.1. The lowest BCUT2D eigenvalue weighted by Gasteiger charge is -2.26. The van der Waals surface area contributed by atoms with Crippen molar-refractivity contribution in [3.05, 3.63) is 0 Å². The van der Waals surface area contributed by atoms with Gasteiger partial charge >= 0.3 is 5.97 Å². The number of nitrogens with zero attached hydrogens (tertiary/aromatic N) is 1. The minimum atomic E-state index is -0.281. The minimum absolute atomic E-state index is 0.0396. The molecule has 1 heterocycles. The Morgan fingerprint density at radius 1 is 0.839 bits per heavy atom. The summed E-state index contributed by atoms with van der Waals surface area (Å²) in [6, 6.07) is 0.165. The molecule has 2 atom stereocenters. The molecule has 1 N–H and O–H groups in total. The van der Waals surface area contributed by atoms with Crippen LogP contribution in [0.2, 0.25) is 0 Å². The quantitative estimate of drug-likeness (QED) is 0.558. The van der Waals surface area contributed by atoms with Crippen LogP contribution in [-0.4, -0.2) is 74.5 Å². The van der Waals surface area contributed by atoms with E-state index in [9.17, 15) is 9.59 Å². The van der Waals surface area contributed by atoms with Crippen molar-refractivity contribution in [2.24, 2.45) is 11.8 Å². The Kier molecular flexibility index (Phi) is 9.60. The SMILES string of the molecule is CC1CCC(OCC(=O)NC[C@@H]2C[C@@H](OC(=O)COC3CCC(C)CC3)CN2C)CC1. The van der Waals surface area contributed by atoms with E-state index < -0.39 is 0 Å². The molecular weight excluding hydrogens is 396 g/mol. The molecule has 7 nitrogen and oxygen atoms in total. The van der Waals surface area contributed by atoms with Gasteiger partial charge in [0, 0.05) is 25.6 Å². The van der Waals surface area contributed by atoms with Gasteiger partial charge in [0.1, 0.15) is 19.3 Å². The molecule has 3 fully saturated rings. The second-order valence-corrected chi connectivity index (χ2v) is 10.1. The van der Waals surface area contributed by atoms with Gasteiger partial charge in [0.05, 0.1) is 12.2 Å². The van der Waals surface area contributed by atoms with Gasteiger partial charge in [-0.25, -0.2) is 4.79 Å². The summed E-state index contributed by atoms with van der Waals surface area (Å²) in [6.07, 6.45) is 9.88. The highest BCUT2D eigenvalue weighted by Crippen LogP contribution is 2.26. The van der Waals surface area contributed by atoms with Gasteiger partial charge in [0.25, 0.3) is 0 Å². The number of hydrogen-bond acceptors (Lipinski definition) is 6. The lowest BCUT2D eigenvalue weighted by molar-refractivity contribution is -0.156. The molecule has 0 aromatic heterocycles. The van der Waals surface area contributed by atoms with Crippen molar-refractivity contribution in [1.29, 1.82) is 0 Å². The van der Waals surface area contributed by atoms with Crippen molar-refractivity contribution in [3.63, 3.8) is 0 Å². The topological polar surface area (TPSA) is 77.1 Å². The van der Waals surface area contributed by atoms with Crippen LogP contribution in [0.25, 0.3) is 0 Å². The third-order valence-electron chi connectivity index (χ3n) is 7.30. The third kappa shape index (κ3) is 8.35. The fourth-order valence-electron chi connectivity index (χ4n) is 5.03. The van der Waals surface area contributed by atoms with E-state index in [-0.39, 0.29) is 49.4 Å². The average Bonchev–Trinajstić information content (AvgIpc) is 3.10. The highest BCUT2D eigenvalue weighted by Gasteiger charge is 2.32. The number of likely N-dealkylation sites (N-methyl/N-ethyl adjacent to an activating group) is 1. The lowest BCUT2D eigenvalue weighted by atomic mass is 9.89. The summed E-state index contributed by atoms with van der Waals surface area (Å²) < 4.78 is 17.2. The predicted octanol–water partition coefficient (Wildman–Crippen LogP) is 2.91. The van der Waals surface area contributed by atoms with Crippen LogP contribution in [0.15, 0.2) is 0 Å². The number of nitrogens with one attached hydrogen (secondary N) is 1. The Morgan fingerprint density at radius 3 is 1.97 bits per heavy atom. The van der Waals surface area contributed by atoms with Crippen LogP contribution in [-0.2, 0) is 23.8 Å². The van der Waals surface area contributed by atoms with Crippen LogP contribution in [0.5, 0.6) is 0 Å². The maximum Gasteiger partial charge on any atom is 0.332 e. The summed E-state index contributed by atoms with van der Waals surface area (Å²) in [6.45, 7) is 5.94. The van der Waals surface area contributed by atoms with Crippen LogP contribution in [0.1, 0.15) is 71.6 Å². The first-order valence-corrected chi connectivity index (χ1v) is 12.3. The highest BCUT2D eigenvalue weighted by atomic mass is 16.6. The fraction of sp³-hybridized carbons (Fsp3) is 0.917. The number of ether oxygens (including phenoxy) is 3. The fourth-order valence-corrected chi connectivity index (χ4v) is 5.03. The molecule has 1 saturated heterocycles. The van der Waals surface area contributed by atoms with Crippen LogP contribution in [0.3, 0.4) is 0 Å². The van der Waals surface area contributed by atoms with Gasteiger partial charge in [0.15, 0.2) is 0 Å². The molecule has 2 saturated carbocycles. The Morgan fingerprint density at radius 2 is 1.39 bits per heavy atom. The number of carbonyl (C=O) groups excluding carboxylic acids is 2. The van der Waals surface area contributed by atoms with Crippen molar-refractivity contribution in [2.75, 3.05) is 33.4 Å². The van der Waals surface area contributed by atoms with Gasteiger partial charge in [-0.15, -0.1) is 0 Å². The van der Waals surface area contributed by atoms with E-state index >= 15 is 0 Å². The van der Waals surface area contributed by atoms with E-state index in [0.717, 1.165) is 43.9 Å². The summed E-state index contributed by atoms with van der Waals surface area (Å²) in [5.74, 6) is 1.19. The van der Waals surface area contributed by atoms with E-state index in [4.69, 9.17) is 14.2 Å². The van der Waals surface area contributed by atoms with Crippen LogP contribution < -0.4 is 5.32 Å². The molecule has 1 aliphatic heterocycles. The van der Waals surface area contributed by atoms with Gasteiger partial charge in [-0.2, -0.15) is 0 Å². The number of rotatable bonds is 9. The number of likely N-dealkylation sites (tertiary alicyclic amines) is 1. The Bertz CT molecular complexity index is 570. The molecule has 0 aromatic rings. The van der Waals surface area contributed by atoms with E-state index in [0.29, 0.717) is 13.1 Å². The molecule has 0 radical (unpaired) electrons. The average molecular weight is 439 g/mol. The van der Waals surface area contributed by atoms with Crippen molar-refractivity contribution < 1.29 is 23.8 Å². The first kappa shape index (κ1) is 24.5. The zero-order chi connectivity index (χ0) is 22.2. The molecule has 1 amide bonds. The molecule has 7 heteroatoms. The van der Waals surface area contributed by atoms with Gasteiger partial charge in [-0.05, 0) is 70.3 Å². The van der Waals surface area contributed by atoms with Crippen molar-refractivity contribution in [2.45, 2.75) is 96.0 Å². The van der Waals surface area contributed by atoms with Gasteiger partial charge < -0.3 is 19.5 Å². The molecule has 178 valence electrons. The molecule has 3 rings (SSSR count). The monoisotopic (exact) mass is 438 g/mol. The Balaban J connectivity index is 1.27. The molecule has 31 heavy (non-hydrogen) atoms. The van der Waals surface area contributed by atoms with Crippen molar-refractivity contribution in [1.82, 2.24) is 10.2 Å². The predicted molar refractivity (Wildman–Crippen MR) is 119 cm³/mol. The smallest absolute Gasteiger partial charge is 0.332 e. The molecule has 3 aliphatic rings. The second kappa shape index (κ2) is 12.2. The molecule has 0 spiro atoms. The molecular formula is C24H42N2O5. The van der Waals surface area contributed by atoms with E-state index in [1.807, 2.05) is 7.05 Å². The van der Waals surface area contributed by atoms with Gasteiger partial charge in [0.2, 0.25) is 5.91 Å². The number of hydrogen-bond donors (Lipinski definition) is 1. The van der Waals surface area contributed by atoms with E-state index in [1.54, 1.807) is 0 Å². The zero-order valence-corrected chi connectivity index (χ0v) is 19.6. The summed E-state index contributed by atoms with van der Waals surface area (Å²) >= 11 is 0. The summed E-state index contributed by atoms with van der Waals surface area (Å²) in [7, 11) is 2.00. The molecule has 0 aromatic carbocycles. The van der Waals surface area contributed by atoms with Crippen LogP contribution in [0.4, 0.5) is 0 Å². The Hall–Kier alpha value is -1.18. The summed E-state index contributed by atoms with van der Waals surface area (Å²) in [5, 5.41) is 2.98. The Labute approximate surface area is 187 Å². The lowest BCUT2D eigenvalue weighted by Crippen LogP contribution is -2.40. The number of carbonyl (C=O) groups is 2. The van der Waals surface area contributed by atoms with Gasteiger partial charge in [-0.1, -0.05) is 13.8 Å². The molecule has 0 unspecified atom stereocenters.